The SMILES string of the molecule is COc1cc(Cl)cc2cc(C(=O)C3=C(O)C(=O)N(Cc4ccco4)C3c3ccco3)oc12. The summed E-state index contributed by atoms with van der Waals surface area (Å²) < 4.78 is 21.9. The number of aliphatic hydroxyl groups is 1. The number of rotatable bonds is 6. The van der Waals surface area contributed by atoms with Crippen molar-refractivity contribution in [1.82, 2.24) is 4.90 Å². The number of aliphatic hydroxyl groups excluding tert-OH is 1. The number of ether oxygens (including phenoxy) is 1. The fraction of sp³-hybridized carbons (Fsp3) is 0.130. The molecule has 1 unspecified atom stereocenters. The summed E-state index contributed by atoms with van der Waals surface area (Å²) in [6.07, 6.45) is 2.90. The lowest BCUT2D eigenvalue weighted by atomic mass is 9.99. The third-order valence-corrected chi connectivity index (χ3v) is 5.48. The molecule has 0 saturated heterocycles. The molecular weight excluding hydrogens is 438 g/mol. The van der Waals surface area contributed by atoms with Gasteiger partial charge in [0.1, 0.15) is 17.6 Å². The van der Waals surface area contributed by atoms with Crippen LogP contribution in [0.15, 0.2) is 79.6 Å². The van der Waals surface area contributed by atoms with Gasteiger partial charge in [-0.3, -0.25) is 9.59 Å². The second-order valence-corrected chi connectivity index (χ2v) is 7.60. The predicted octanol–water partition coefficient (Wildman–Crippen LogP) is 5.06. The van der Waals surface area contributed by atoms with E-state index >= 15 is 0 Å². The second kappa shape index (κ2) is 7.65. The summed E-state index contributed by atoms with van der Waals surface area (Å²) in [6, 6.07) is 10.4. The van der Waals surface area contributed by atoms with Gasteiger partial charge in [0.25, 0.3) is 5.91 Å². The number of fused-ring (bicyclic) bond motifs is 1. The maximum absolute atomic E-state index is 13.5. The van der Waals surface area contributed by atoms with Crippen molar-refractivity contribution in [3.63, 3.8) is 0 Å². The highest BCUT2D eigenvalue weighted by Gasteiger charge is 2.46. The highest BCUT2D eigenvalue weighted by atomic mass is 35.5. The number of Topliss-reactive ketones (excluding diaryl/α,β-unsaturated/α-hetero) is 1. The standard InChI is InChI=1S/C23H16ClNO7/c1-29-17-10-13(24)8-12-9-16(32-22(12)17)20(26)18-19(15-5-3-7-31-15)25(23(28)21(18)27)11-14-4-2-6-30-14/h2-10,19,27H,11H2,1H3. The number of benzene rings is 1. The molecule has 1 aliphatic rings. The Morgan fingerprint density at radius 2 is 1.97 bits per heavy atom. The van der Waals surface area contributed by atoms with E-state index < -0.39 is 23.5 Å². The van der Waals surface area contributed by atoms with Crippen LogP contribution in [0.1, 0.15) is 28.1 Å². The summed E-state index contributed by atoms with van der Waals surface area (Å²) in [5.74, 6) is -0.973. The lowest BCUT2D eigenvalue weighted by molar-refractivity contribution is -0.130. The lowest BCUT2D eigenvalue weighted by Gasteiger charge is -2.23. The van der Waals surface area contributed by atoms with E-state index in [2.05, 4.69) is 0 Å². The van der Waals surface area contributed by atoms with Crippen LogP contribution in [-0.4, -0.2) is 28.8 Å². The first-order chi connectivity index (χ1) is 15.5. The van der Waals surface area contributed by atoms with E-state index in [1.54, 1.807) is 36.4 Å². The normalized spacial score (nSPS) is 16.4. The van der Waals surface area contributed by atoms with Gasteiger partial charge in [-0.1, -0.05) is 11.6 Å². The third-order valence-electron chi connectivity index (χ3n) is 5.26. The molecule has 1 aromatic carbocycles. The molecule has 3 aromatic heterocycles. The minimum Gasteiger partial charge on any atom is -0.503 e. The number of halogens is 1. The maximum Gasteiger partial charge on any atom is 0.290 e. The quantitative estimate of drug-likeness (QED) is 0.406. The first-order valence-electron chi connectivity index (χ1n) is 9.59. The number of ketones is 1. The second-order valence-electron chi connectivity index (χ2n) is 7.16. The summed E-state index contributed by atoms with van der Waals surface area (Å²) in [5, 5.41) is 11.6. The summed E-state index contributed by atoms with van der Waals surface area (Å²) in [4.78, 5) is 27.7. The van der Waals surface area contributed by atoms with Gasteiger partial charge in [-0.2, -0.15) is 0 Å². The van der Waals surface area contributed by atoms with Crippen LogP contribution in [0.5, 0.6) is 5.75 Å². The number of carbonyl (C=O) groups excluding carboxylic acids is 2. The first kappa shape index (κ1) is 20.0. The minimum absolute atomic E-state index is 0.0294. The van der Waals surface area contributed by atoms with Crippen LogP contribution >= 0.6 is 11.6 Å². The summed E-state index contributed by atoms with van der Waals surface area (Å²) in [5.41, 5.74) is 0.173. The molecule has 1 aliphatic heterocycles. The molecule has 0 aliphatic carbocycles. The zero-order valence-electron chi connectivity index (χ0n) is 16.7. The monoisotopic (exact) mass is 453 g/mol. The number of amides is 1. The highest BCUT2D eigenvalue weighted by Crippen LogP contribution is 2.41. The minimum atomic E-state index is -0.964. The van der Waals surface area contributed by atoms with Crippen molar-refractivity contribution in [2.75, 3.05) is 7.11 Å². The van der Waals surface area contributed by atoms with Gasteiger partial charge in [0.2, 0.25) is 5.78 Å². The van der Waals surface area contributed by atoms with E-state index in [4.69, 9.17) is 29.6 Å². The van der Waals surface area contributed by atoms with Gasteiger partial charge in [-0.25, -0.2) is 0 Å². The number of methoxy groups -OCH3 is 1. The molecule has 0 spiro atoms. The van der Waals surface area contributed by atoms with E-state index in [1.165, 1.54) is 30.6 Å². The molecule has 0 bridgehead atoms. The van der Waals surface area contributed by atoms with Gasteiger partial charge in [0, 0.05) is 16.5 Å². The fourth-order valence-corrected chi connectivity index (χ4v) is 4.06. The van der Waals surface area contributed by atoms with E-state index in [1.807, 2.05) is 0 Å². The number of nitrogens with zero attached hydrogens (tertiary/aromatic N) is 1. The molecule has 9 heteroatoms. The average Bonchev–Trinajstić information content (AvgIpc) is 3.57. The van der Waals surface area contributed by atoms with Crippen molar-refractivity contribution < 1.29 is 32.7 Å². The summed E-state index contributed by atoms with van der Waals surface area (Å²) in [7, 11) is 1.46. The van der Waals surface area contributed by atoms with Crippen LogP contribution in [0.3, 0.4) is 0 Å². The van der Waals surface area contributed by atoms with Crippen molar-refractivity contribution >= 4 is 34.3 Å². The smallest absolute Gasteiger partial charge is 0.290 e. The van der Waals surface area contributed by atoms with E-state index in [0.717, 1.165) is 0 Å². The van der Waals surface area contributed by atoms with Crippen molar-refractivity contribution in [1.29, 1.82) is 0 Å². The zero-order valence-corrected chi connectivity index (χ0v) is 17.5. The topological polar surface area (TPSA) is 106 Å². The van der Waals surface area contributed by atoms with Gasteiger partial charge in [-0.15, -0.1) is 0 Å². The predicted molar refractivity (Wildman–Crippen MR) is 112 cm³/mol. The molecule has 1 atom stereocenters. The third kappa shape index (κ3) is 3.16. The van der Waals surface area contributed by atoms with Crippen LogP contribution in [0.25, 0.3) is 11.0 Å². The average molecular weight is 454 g/mol. The Kier molecular flexibility index (Phi) is 4.79. The molecule has 1 amide bonds. The molecular formula is C23H16ClNO7. The highest BCUT2D eigenvalue weighted by molar-refractivity contribution is 6.31. The van der Waals surface area contributed by atoms with Crippen molar-refractivity contribution in [3.8, 4) is 5.75 Å². The van der Waals surface area contributed by atoms with Crippen LogP contribution < -0.4 is 4.74 Å². The molecule has 0 fully saturated rings. The van der Waals surface area contributed by atoms with Crippen molar-refractivity contribution in [3.05, 3.63) is 88.6 Å². The van der Waals surface area contributed by atoms with Crippen molar-refractivity contribution in [2.45, 2.75) is 12.6 Å². The Balaban J connectivity index is 1.59. The van der Waals surface area contributed by atoms with E-state index in [-0.39, 0.29) is 17.9 Å². The fourth-order valence-electron chi connectivity index (χ4n) is 3.84. The van der Waals surface area contributed by atoms with Gasteiger partial charge in [-0.05, 0) is 36.4 Å². The molecule has 4 heterocycles. The number of carbonyl (C=O) groups is 2. The summed E-state index contributed by atoms with van der Waals surface area (Å²) >= 11 is 6.11. The Labute approximate surface area is 186 Å². The first-order valence-corrected chi connectivity index (χ1v) is 9.97. The number of hydrogen-bond donors (Lipinski definition) is 1. The Bertz CT molecular complexity index is 1350. The molecule has 32 heavy (non-hydrogen) atoms. The molecule has 0 saturated carbocycles. The molecule has 4 aromatic rings. The van der Waals surface area contributed by atoms with Gasteiger partial charge < -0.3 is 28.0 Å². The largest absolute Gasteiger partial charge is 0.503 e. The molecule has 8 nitrogen and oxygen atoms in total. The van der Waals surface area contributed by atoms with Gasteiger partial charge in [0.05, 0.1) is 31.8 Å². The van der Waals surface area contributed by atoms with Crippen molar-refractivity contribution in [2.24, 2.45) is 0 Å². The summed E-state index contributed by atoms with van der Waals surface area (Å²) in [6.45, 7) is 0.0294. The number of furan rings is 3. The molecule has 0 radical (unpaired) electrons. The van der Waals surface area contributed by atoms with Crippen LogP contribution in [0.4, 0.5) is 0 Å². The van der Waals surface area contributed by atoms with Crippen LogP contribution in [0.2, 0.25) is 5.02 Å². The van der Waals surface area contributed by atoms with E-state index in [9.17, 15) is 14.7 Å². The Morgan fingerprint density at radius 3 is 2.66 bits per heavy atom. The molecule has 162 valence electrons. The van der Waals surface area contributed by atoms with Crippen LogP contribution in [0, 0.1) is 0 Å². The van der Waals surface area contributed by atoms with Gasteiger partial charge in [0.15, 0.2) is 22.9 Å². The lowest BCUT2D eigenvalue weighted by Crippen LogP contribution is -2.30. The van der Waals surface area contributed by atoms with E-state index in [0.29, 0.717) is 33.3 Å². The Hall–Kier alpha value is -3.91. The zero-order chi connectivity index (χ0) is 22.4. The molecule has 5 rings (SSSR count). The number of hydrogen-bond acceptors (Lipinski definition) is 7. The molecule has 1 N–H and O–H groups in total. The Morgan fingerprint density at radius 1 is 1.19 bits per heavy atom. The maximum atomic E-state index is 13.5. The van der Waals surface area contributed by atoms with Crippen LogP contribution in [-0.2, 0) is 11.3 Å². The van der Waals surface area contributed by atoms with Gasteiger partial charge >= 0.3 is 0 Å².